The van der Waals surface area contributed by atoms with Gasteiger partial charge in [0, 0.05) is 13.1 Å². The summed E-state index contributed by atoms with van der Waals surface area (Å²) in [5.41, 5.74) is -0.930. The van der Waals surface area contributed by atoms with Crippen LogP contribution >= 0.6 is 0 Å². The van der Waals surface area contributed by atoms with E-state index in [-0.39, 0.29) is 0 Å². The SMILES string of the molecule is CCN1CCC(C)(NC(=O)c2c(F)cccc2F)C1. The molecule has 2 rings (SSSR count). The van der Waals surface area contributed by atoms with Gasteiger partial charge in [-0.3, -0.25) is 4.79 Å². The molecular formula is C14H18F2N2O. The van der Waals surface area contributed by atoms with Crippen LogP contribution in [0.1, 0.15) is 30.6 Å². The van der Waals surface area contributed by atoms with Crippen molar-refractivity contribution in [3.05, 3.63) is 35.4 Å². The molecule has 1 aromatic rings. The van der Waals surface area contributed by atoms with Gasteiger partial charge in [-0.1, -0.05) is 13.0 Å². The summed E-state index contributed by atoms with van der Waals surface area (Å²) in [4.78, 5) is 14.2. The summed E-state index contributed by atoms with van der Waals surface area (Å²) in [6.45, 7) is 6.43. The minimum Gasteiger partial charge on any atom is -0.345 e. The highest BCUT2D eigenvalue weighted by molar-refractivity contribution is 5.95. The number of rotatable bonds is 3. The third-order valence-electron chi connectivity index (χ3n) is 3.60. The minimum atomic E-state index is -0.827. The number of nitrogens with zero attached hydrogens (tertiary/aromatic N) is 1. The highest BCUT2D eigenvalue weighted by atomic mass is 19.1. The lowest BCUT2D eigenvalue weighted by molar-refractivity contribution is 0.0899. The van der Waals surface area contributed by atoms with Crippen LogP contribution in [0, 0.1) is 11.6 Å². The van der Waals surface area contributed by atoms with Crippen LogP contribution in [0.3, 0.4) is 0 Å². The fourth-order valence-electron chi connectivity index (χ4n) is 2.48. The van der Waals surface area contributed by atoms with Crippen molar-refractivity contribution in [1.82, 2.24) is 10.2 Å². The number of carbonyl (C=O) groups excluding carboxylic acids is 1. The van der Waals surface area contributed by atoms with Gasteiger partial charge in [0.2, 0.25) is 0 Å². The summed E-state index contributed by atoms with van der Waals surface area (Å²) in [7, 11) is 0. The molecule has 1 amide bonds. The van der Waals surface area contributed by atoms with E-state index in [0.717, 1.165) is 31.6 Å². The highest BCUT2D eigenvalue weighted by Gasteiger charge is 2.35. The number of likely N-dealkylation sites (N-methyl/N-ethyl adjacent to an activating group) is 1. The Morgan fingerprint density at radius 1 is 1.42 bits per heavy atom. The van der Waals surface area contributed by atoms with E-state index in [1.807, 2.05) is 13.8 Å². The summed E-state index contributed by atoms with van der Waals surface area (Å²) in [6, 6.07) is 3.43. The van der Waals surface area contributed by atoms with Gasteiger partial charge in [0.1, 0.15) is 17.2 Å². The van der Waals surface area contributed by atoms with Crippen molar-refractivity contribution >= 4 is 5.91 Å². The van der Waals surface area contributed by atoms with E-state index in [1.54, 1.807) is 0 Å². The summed E-state index contributed by atoms with van der Waals surface area (Å²) in [6.07, 6.45) is 0.780. The first-order chi connectivity index (χ1) is 8.95. The van der Waals surface area contributed by atoms with Crippen LogP contribution < -0.4 is 5.32 Å². The Kier molecular flexibility index (Phi) is 3.85. The normalized spacial score (nSPS) is 23.6. The van der Waals surface area contributed by atoms with E-state index in [4.69, 9.17) is 0 Å². The lowest BCUT2D eigenvalue weighted by Crippen LogP contribution is -2.48. The molecule has 0 aromatic heterocycles. The van der Waals surface area contributed by atoms with E-state index in [2.05, 4.69) is 10.2 Å². The summed E-state index contributed by atoms with van der Waals surface area (Å²) in [5.74, 6) is -2.34. The first kappa shape index (κ1) is 13.9. The van der Waals surface area contributed by atoms with Gasteiger partial charge < -0.3 is 10.2 Å². The van der Waals surface area contributed by atoms with Crippen molar-refractivity contribution in [2.24, 2.45) is 0 Å². The van der Waals surface area contributed by atoms with Gasteiger partial charge in [0.05, 0.1) is 5.54 Å². The Morgan fingerprint density at radius 2 is 2.05 bits per heavy atom. The van der Waals surface area contributed by atoms with Crippen molar-refractivity contribution in [2.75, 3.05) is 19.6 Å². The predicted molar refractivity (Wildman–Crippen MR) is 69.0 cm³/mol. The first-order valence-corrected chi connectivity index (χ1v) is 6.44. The molecule has 0 bridgehead atoms. The number of amides is 1. The van der Waals surface area contributed by atoms with Crippen LogP contribution in [-0.2, 0) is 0 Å². The molecule has 1 atom stereocenters. The summed E-state index contributed by atoms with van der Waals surface area (Å²) in [5, 5.41) is 2.76. The maximum Gasteiger partial charge on any atom is 0.257 e. The molecule has 1 heterocycles. The van der Waals surface area contributed by atoms with E-state index < -0.39 is 28.6 Å². The molecule has 3 nitrogen and oxygen atoms in total. The molecule has 5 heteroatoms. The number of hydrogen-bond donors (Lipinski definition) is 1. The monoisotopic (exact) mass is 268 g/mol. The number of likely N-dealkylation sites (tertiary alicyclic amines) is 1. The van der Waals surface area contributed by atoms with E-state index in [9.17, 15) is 13.6 Å². The maximum atomic E-state index is 13.5. The fraction of sp³-hybridized carbons (Fsp3) is 0.500. The Hall–Kier alpha value is -1.49. The average molecular weight is 268 g/mol. The van der Waals surface area contributed by atoms with Crippen molar-refractivity contribution in [1.29, 1.82) is 0 Å². The average Bonchev–Trinajstić information content (AvgIpc) is 2.70. The van der Waals surface area contributed by atoms with Crippen molar-refractivity contribution in [3.63, 3.8) is 0 Å². The van der Waals surface area contributed by atoms with E-state index >= 15 is 0 Å². The third-order valence-corrected chi connectivity index (χ3v) is 3.60. The largest absolute Gasteiger partial charge is 0.345 e. The minimum absolute atomic E-state index is 0.429. The van der Waals surface area contributed by atoms with Gasteiger partial charge in [0.25, 0.3) is 5.91 Å². The summed E-state index contributed by atoms with van der Waals surface area (Å²) < 4.78 is 27.1. The van der Waals surface area contributed by atoms with Crippen molar-refractivity contribution < 1.29 is 13.6 Å². The van der Waals surface area contributed by atoms with Crippen molar-refractivity contribution in [3.8, 4) is 0 Å². The third kappa shape index (κ3) is 2.92. The molecule has 1 N–H and O–H groups in total. The molecule has 0 saturated carbocycles. The standard InChI is InChI=1S/C14H18F2N2O/c1-3-18-8-7-14(2,9-18)17-13(19)12-10(15)5-4-6-11(12)16/h4-6H,3,7-9H2,1-2H3,(H,17,19). The topological polar surface area (TPSA) is 32.3 Å². The number of nitrogens with one attached hydrogen (secondary N) is 1. The molecule has 19 heavy (non-hydrogen) atoms. The zero-order valence-electron chi connectivity index (χ0n) is 11.2. The van der Waals surface area contributed by atoms with Crippen LogP contribution in [0.25, 0.3) is 0 Å². The second-order valence-corrected chi connectivity index (χ2v) is 5.23. The smallest absolute Gasteiger partial charge is 0.257 e. The molecular weight excluding hydrogens is 250 g/mol. The lowest BCUT2D eigenvalue weighted by Gasteiger charge is -2.26. The van der Waals surface area contributed by atoms with Crippen LogP contribution in [0.5, 0.6) is 0 Å². The molecule has 0 aliphatic carbocycles. The molecule has 0 radical (unpaired) electrons. The number of carbonyl (C=O) groups is 1. The zero-order chi connectivity index (χ0) is 14.0. The second-order valence-electron chi connectivity index (χ2n) is 5.23. The Morgan fingerprint density at radius 3 is 2.58 bits per heavy atom. The second kappa shape index (κ2) is 5.25. The van der Waals surface area contributed by atoms with Gasteiger partial charge >= 0.3 is 0 Å². The van der Waals surface area contributed by atoms with Gasteiger partial charge in [-0.05, 0) is 32.0 Å². The molecule has 1 fully saturated rings. The Labute approximate surface area is 111 Å². The molecule has 1 unspecified atom stereocenters. The van der Waals surface area contributed by atoms with Gasteiger partial charge in [-0.2, -0.15) is 0 Å². The number of hydrogen-bond acceptors (Lipinski definition) is 2. The van der Waals surface area contributed by atoms with Crippen molar-refractivity contribution in [2.45, 2.75) is 25.8 Å². The Balaban J connectivity index is 2.14. The van der Waals surface area contributed by atoms with Crippen LogP contribution in [0.4, 0.5) is 8.78 Å². The molecule has 104 valence electrons. The number of halogens is 2. The van der Waals surface area contributed by atoms with E-state index in [0.29, 0.717) is 6.54 Å². The molecule has 1 aliphatic heterocycles. The van der Waals surface area contributed by atoms with Gasteiger partial charge in [-0.25, -0.2) is 8.78 Å². The highest BCUT2D eigenvalue weighted by Crippen LogP contribution is 2.22. The lowest BCUT2D eigenvalue weighted by atomic mass is 10.0. The fourth-order valence-corrected chi connectivity index (χ4v) is 2.48. The predicted octanol–water partition coefficient (Wildman–Crippen LogP) is 2.18. The Bertz CT molecular complexity index is 472. The molecule has 1 aliphatic rings. The quantitative estimate of drug-likeness (QED) is 0.911. The summed E-state index contributed by atoms with van der Waals surface area (Å²) >= 11 is 0. The molecule has 1 aromatic carbocycles. The molecule has 0 spiro atoms. The zero-order valence-corrected chi connectivity index (χ0v) is 11.2. The van der Waals surface area contributed by atoms with Gasteiger partial charge in [-0.15, -0.1) is 0 Å². The van der Waals surface area contributed by atoms with Crippen LogP contribution in [0.15, 0.2) is 18.2 Å². The number of benzene rings is 1. The van der Waals surface area contributed by atoms with E-state index in [1.165, 1.54) is 6.07 Å². The maximum absolute atomic E-state index is 13.5. The first-order valence-electron chi connectivity index (χ1n) is 6.44. The molecule has 1 saturated heterocycles. The van der Waals surface area contributed by atoms with Crippen LogP contribution in [-0.4, -0.2) is 36.0 Å². The van der Waals surface area contributed by atoms with Gasteiger partial charge in [0.15, 0.2) is 0 Å². The van der Waals surface area contributed by atoms with Crippen LogP contribution in [0.2, 0.25) is 0 Å².